The van der Waals surface area contributed by atoms with E-state index in [1.165, 1.54) is 6.07 Å². The highest BCUT2D eigenvalue weighted by molar-refractivity contribution is 5.92. The molecule has 31 heavy (non-hydrogen) atoms. The fraction of sp³-hybridized carbons (Fsp3) is 0.480. The summed E-state index contributed by atoms with van der Waals surface area (Å²) in [5, 5.41) is 3.01. The number of morpholine rings is 1. The molecule has 0 radical (unpaired) electrons. The molecule has 2 aromatic carbocycles. The predicted octanol–water partition coefficient (Wildman–Crippen LogP) is 4.60. The van der Waals surface area contributed by atoms with Crippen molar-refractivity contribution < 1.29 is 13.9 Å². The van der Waals surface area contributed by atoms with Crippen LogP contribution in [0, 0.1) is 5.82 Å². The SMILES string of the molecule is CC1CN(c2ccc(NC(=O)CN(C3CC3)C(C)c3ccccc3F)cc2)CC(C)O1. The van der Waals surface area contributed by atoms with E-state index in [-0.39, 0.29) is 36.5 Å². The lowest BCUT2D eigenvalue weighted by Crippen LogP contribution is -2.45. The minimum absolute atomic E-state index is 0.0727. The highest BCUT2D eigenvalue weighted by atomic mass is 19.1. The van der Waals surface area contributed by atoms with Gasteiger partial charge in [0, 0.05) is 42.1 Å². The fourth-order valence-corrected chi connectivity index (χ4v) is 4.49. The summed E-state index contributed by atoms with van der Waals surface area (Å²) in [6, 6.07) is 15.0. The van der Waals surface area contributed by atoms with E-state index in [2.05, 4.69) is 29.0 Å². The van der Waals surface area contributed by atoms with Crippen LogP contribution in [-0.2, 0) is 9.53 Å². The first-order chi connectivity index (χ1) is 14.9. The summed E-state index contributed by atoms with van der Waals surface area (Å²) in [7, 11) is 0. The van der Waals surface area contributed by atoms with Gasteiger partial charge in [-0.2, -0.15) is 0 Å². The summed E-state index contributed by atoms with van der Waals surface area (Å²) in [6.45, 7) is 8.13. The summed E-state index contributed by atoms with van der Waals surface area (Å²) >= 11 is 0. The number of halogens is 1. The van der Waals surface area contributed by atoms with Gasteiger partial charge in [0.15, 0.2) is 0 Å². The summed E-state index contributed by atoms with van der Waals surface area (Å²) < 4.78 is 20.1. The minimum Gasteiger partial charge on any atom is -0.372 e. The second-order valence-corrected chi connectivity index (χ2v) is 8.86. The maximum atomic E-state index is 14.3. The highest BCUT2D eigenvalue weighted by Crippen LogP contribution is 2.35. The molecule has 2 aromatic rings. The van der Waals surface area contributed by atoms with E-state index >= 15 is 0 Å². The van der Waals surface area contributed by atoms with Gasteiger partial charge in [0.2, 0.25) is 5.91 Å². The summed E-state index contributed by atoms with van der Waals surface area (Å²) in [4.78, 5) is 17.2. The molecule has 1 saturated heterocycles. The lowest BCUT2D eigenvalue weighted by molar-refractivity contribution is -0.118. The molecule has 3 atom stereocenters. The molecular formula is C25H32FN3O2. The molecule has 2 aliphatic rings. The molecule has 4 rings (SSSR count). The second-order valence-electron chi connectivity index (χ2n) is 8.86. The number of hydrogen-bond acceptors (Lipinski definition) is 4. The number of nitrogens with one attached hydrogen (secondary N) is 1. The molecular weight excluding hydrogens is 393 g/mol. The van der Waals surface area contributed by atoms with Crippen LogP contribution in [0.15, 0.2) is 48.5 Å². The van der Waals surface area contributed by atoms with Gasteiger partial charge in [-0.15, -0.1) is 0 Å². The standard InChI is InChI=1S/C25H32FN3O2/c1-17-14-28(15-18(2)31-17)21-10-8-20(9-11-21)27-25(30)16-29(22-12-13-22)19(3)23-6-4-5-7-24(23)26/h4-11,17-19,22H,12-16H2,1-3H3,(H,27,30). The van der Waals surface area contributed by atoms with E-state index in [4.69, 9.17) is 4.74 Å². The molecule has 5 nitrogen and oxygen atoms in total. The van der Waals surface area contributed by atoms with Crippen LogP contribution in [0.2, 0.25) is 0 Å². The number of benzene rings is 2. The zero-order chi connectivity index (χ0) is 22.0. The predicted molar refractivity (Wildman–Crippen MR) is 122 cm³/mol. The van der Waals surface area contributed by atoms with Crippen LogP contribution in [-0.4, -0.2) is 48.7 Å². The van der Waals surface area contributed by atoms with Crippen LogP contribution in [0.3, 0.4) is 0 Å². The van der Waals surface area contributed by atoms with Gasteiger partial charge in [0.05, 0.1) is 18.8 Å². The Bertz CT molecular complexity index is 890. The quantitative estimate of drug-likeness (QED) is 0.704. The molecule has 1 aliphatic carbocycles. The molecule has 1 amide bonds. The molecule has 1 saturated carbocycles. The number of carbonyl (C=O) groups is 1. The number of ether oxygens (including phenoxy) is 1. The third-order valence-electron chi connectivity index (χ3n) is 6.13. The molecule has 166 valence electrons. The normalized spacial score (nSPS) is 22.4. The van der Waals surface area contributed by atoms with Crippen molar-refractivity contribution >= 4 is 17.3 Å². The Hall–Kier alpha value is -2.44. The van der Waals surface area contributed by atoms with E-state index in [1.54, 1.807) is 12.1 Å². The van der Waals surface area contributed by atoms with E-state index in [0.717, 1.165) is 37.3 Å². The van der Waals surface area contributed by atoms with Crippen molar-refractivity contribution in [3.63, 3.8) is 0 Å². The zero-order valence-electron chi connectivity index (χ0n) is 18.6. The molecule has 2 fully saturated rings. The van der Waals surface area contributed by atoms with Crippen LogP contribution >= 0.6 is 0 Å². The topological polar surface area (TPSA) is 44.8 Å². The van der Waals surface area contributed by atoms with Crippen molar-refractivity contribution in [3.8, 4) is 0 Å². The van der Waals surface area contributed by atoms with Crippen molar-refractivity contribution in [2.75, 3.05) is 29.9 Å². The Balaban J connectivity index is 1.38. The lowest BCUT2D eigenvalue weighted by Gasteiger charge is -2.36. The van der Waals surface area contributed by atoms with Crippen LogP contribution < -0.4 is 10.2 Å². The summed E-state index contributed by atoms with van der Waals surface area (Å²) in [5.74, 6) is -0.292. The van der Waals surface area contributed by atoms with Crippen molar-refractivity contribution in [1.29, 1.82) is 0 Å². The Labute approximate surface area is 184 Å². The molecule has 1 aliphatic heterocycles. The number of anilines is 2. The van der Waals surface area contributed by atoms with Gasteiger partial charge in [-0.25, -0.2) is 4.39 Å². The molecule has 6 heteroatoms. The van der Waals surface area contributed by atoms with Crippen LogP contribution in [0.1, 0.15) is 45.2 Å². The van der Waals surface area contributed by atoms with Crippen molar-refractivity contribution in [1.82, 2.24) is 4.90 Å². The number of hydrogen-bond donors (Lipinski definition) is 1. The maximum Gasteiger partial charge on any atom is 0.238 e. The fourth-order valence-electron chi connectivity index (χ4n) is 4.49. The van der Waals surface area contributed by atoms with Gasteiger partial charge in [-0.05, 0) is 63.9 Å². The molecule has 0 bridgehead atoms. The Morgan fingerprint density at radius 1 is 1.13 bits per heavy atom. The molecule has 0 aromatic heterocycles. The van der Waals surface area contributed by atoms with Crippen molar-refractivity contribution in [2.24, 2.45) is 0 Å². The van der Waals surface area contributed by atoms with Crippen molar-refractivity contribution in [3.05, 3.63) is 59.9 Å². The van der Waals surface area contributed by atoms with E-state index < -0.39 is 0 Å². The number of carbonyl (C=O) groups excluding carboxylic acids is 1. The third kappa shape index (κ3) is 5.43. The van der Waals surface area contributed by atoms with Gasteiger partial charge in [-0.1, -0.05) is 18.2 Å². The smallest absolute Gasteiger partial charge is 0.238 e. The summed E-state index contributed by atoms with van der Waals surface area (Å²) in [5.41, 5.74) is 2.55. The monoisotopic (exact) mass is 425 g/mol. The van der Waals surface area contributed by atoms with Crippen LogP contribution in [0.5, 0.6) is 0 Å². The first kappa shape index (κ1) is 21.8. The number of amides is 1. The molecule has 1 N–H and O–H groups in total. The summed E-state index contributed by atoms with van der Waals surface area (Å²) in [6.07, 6.45) is 2.51. The van der Waals surface area contributed by atoms with E-state index in [9.17, 15) is 9.18 Å². The van der Waals surface area contributed by atoms with Gasteiger partial charge in [0.1, 0.15) is 5.82 Å². The largest absolute Gasteiger partial charge is 0.372 e. The van der Waals surface area contributed by atoms with Crippen molar-refractivity contribution in [2.45, 2.75) is 57.9 Å². The minimum atomic E-state index is -0.219. The number of nitrogens with zero attached hydrogens (tertiary/aromatic N) is 2. The Morgan fingerprint density at radius 2 is 1.77 bits per heavy atom. The highest BCUT2D eigenvalue weighted by Gasteiger charge is 2.34. The average Bonchev–Trinajstić information content (AvgIpc) is 3.57. The zero-order valence-corrected chi connectivity index (χ0v) is 18.6. The van der Waals surface area contributed by atoms with Gasteiger partial charge in [-0.3, -0.25) is 9.69 Å². The van der Waals surface area contributed by atoms with Crippen LogP contribution in [0.4, 0.5) is 15.8 Å². The Kier molecular flexibility index (Phi) is 6.58. The van der Waals surface area contributed by atoms with Gasteiger partial charge < -0.3 is 15.0 Å². The van der Waals surface area contributed by atoms with E-state index in [0.29, 0.717) is 11.6 Å². The third-order valence-corrected chi connectivity index (χ3v) is 6.13. The maximum absolute atomic E-state index is 14.3. The second kappa shape index (κ2) is 9.37. The Morgan fingerprint density at radius 3 is 2.39 bits per heavy atom. The van der Waals surface area contributed by atoms with E-state index in [1.807, 2.05) is 37.3 Å². The van der Waals surface area contributed by atoms with Gasteiger partial charge >= 0.3 is 0 Å². The van der Waals surface area contributed by atoms with Gasteiger partial charge in [0.25, 0.3) is 0 Å². The molecule has 1 heterocycles. The first-order valence-electron chi connectivity index (χ1n) is 11.2. The lowest BCUT2D eigenvalue weighted by atomic mass is 10.1. The molecule has 3 unspecified atom stereocenters. The average molecular weight is 426 g/mol. The van der Waals surface area contributed by atoms with Crippen LogP contribution in [0.25, 0.3) is 0 Å². The first-order valence-corrected chi connectivity index (χ1v) is 11.2. The number of rotatable bonds is 7. The molecule has 0 spiro atoms.